The van der Waals surface area contributed by atoms with E-state index >= 15 is 0 Å². The summed E-state index contributed by atoms with van der Waals surface area (Å²) in [4.78, 5) is 26.8. The van der Waals surface area contributed by atoms with Crippen LogP contribution in [0.15, 0.2) is 33.9 Å². The van der Waals surface area contributed by atoms with Gasteiger partial charge in [0.05, 0.1) is 27.3 Å². The Morgan fingerprint density at radius 2 is 1.83 bits per heavy atom. The van der Waals surface area contributed by atoms with Crippen LogP contribution in [0.2, 0.25) is 5.02 Å². The maximum absolute atomic E-state index is 14.9. The molecule has 1 aromatic heterocycles. The number of fused-ring (bicyclic) bond motifs is 1. The molecule has 4 rings (SSSR count). The lowest BCUT2D eigenvalue weighted by Gasteiger charge is -2.23. The summed E-state index contributed by atoms with van der Waals surface area (Å²) < 4.78 is 43.6. The second kappa shape index (κ2) is 6.82. The van der Waals surface area contributed by atoms with Gasteiger partial charge in [0, 0.05) is 25.2 Å². The van der Waals surface area contributed by atoms with E-state index in [4.69, 9.17) is 23.2 Å². The average molecular weight is 426 g/mol. The highest BCUT2D eigenvalue weighted by Gasteiger charge is 2.28. The summed E-state index contributed by atoms with van der Waals surface area (Å²) in [6.07, 6.45) is 0.595. The van der Waals surface area contributed by atoms with Crippen molar-refractivity contribution in [2.75, 3.05) is 23.8 Å². The minimum absolute atomic E-state index is 0.0584. The first-order valence-corrected chi connectivity index (χ1v) is 8.99. The van der Waals surface area contributed by atoms with Gasteiger partial charge in [-0.3, -0.25) is 9.36 Å². The van der Waals surface area contributed by atoms with Crippen LogP contribution in [-0.4, -0.2) is 28.4 Å². The van der Waals surface area contributed by atoms with Crippen molar-refractivity contribution < 1.29 is 13.2 Å². The Morgan fingerprint density at radius 1 is 1.10 bits per heavy atom. The van der Waals surface area contributed by atoms with E-state index < -0.39 is 34.4 Å². The first kappa shape index (κ1) is 19.3. The predicted molar refractivity (Wildman–Crippen MR) is 104 cm³/mol. The fraction of sp³-hybridized carbons (Fsp3) is 0.222. The number of anilines is 1. The summed E-state index contributed by atoms with van der Waals surface area (Å²) >= 11 is 6.44. The zero-order valence-electron chi connectivity index (χ0n) is 14.8. The highest BCUT2D eigenvalue weighted by atomic mass is 35.5. The number of nitrogens with zero attached hydrogens (tertiary/aromatic N) is 3. The van der Waals surface area contributed by atoms with Crippen molar-refractivity contribution in [1.82, 2.24) is 9.24 Å². The lowest BCUT2D eigenvalue weighted by Crippen LogP contribution is -2.44. The van der Waals surface area contributed by atoms with Crippen molar-refractivity contribution in [2.45, 2.75) is 12.5 Å². The number of nitrogen functional groups attached to an aromatic ring is 1. The summed E-state index contributed by atoms with van der Waals surface area (Å²) in [7, 11) is 0. The molecule has 2 aromatic carbocycles. The van der Waals surface area contributed by atoms with Gasteiger partial charge in [-0.25, -0.2) is 18.0 Å². The highest BCUT2D eigenvalue weighted by Crippen LogP contribution is 2.37. The SMILES string of the molecule is N[C@H]1CCN(c2c(F)cc3c(=O)n(N)c(=O)n(-c4ccc(F)cc4F)c3c2Cl)C1. The predicted octanol–water partition coefficient (Wildman–Crippen LogP) is 1.47. The number of rotatable bonds is 2. The molecule has 1 saturated heterocycles. The minimum Gasteiger partial charge on any atom is -0.366 e. The first-order valence-electron chi connectivity index (χ1n) is 8.61. The molecule has 0 saturated carbocycles. The summed E-state index contributed by atoms with van der Waals surface area (Å²) in [5.74, 6) is 2.77. The topological polar surface area (TPSA) is 99.3 Å². The van der Waals surface area contributed by atoms with Crippen molar-refractivity contribution in [1.29, 1.82) is 0 Å². The fourth-order valence-corrected chi connectivity index (χ4v) is 3.96. The number of aromatic nitrogens is 2. The molecule has 0 radical (unpaired) electrons. The van der Waals surface area contributed by atoms with E-state index in [1.54, 1.807) is 4.90 Å². The van der Waals surface area contributed by atoms with Gasteiger partial charge >= 0.3 is 5.69 Å². The lowest BCUT2D eigenvalue weighted by molar-refractivity contribution is 0.575. The van der Waals surface area contributed by atoms with Gasteiger partial charge < -0.3 is 16.5 Å². The van der Waals surface area contributed by atoms with Crippen LogP contribution in [0.5, 0.6) is 0 Å². The molecule has 152 valence electrons. The van der Waals surface area contributed by atoms with Crippen LogP contribution in [0.3, 0.4) is 0 Å². The molecule has 1 atom stereocenters. The van der Waals surface area contributed by atoms with Crippen LogP contribution < -0.4 is 27.7 Å². The fourth-order valence-electron chi connectivity index (χ4n) is 3.57. The summed E-state index contributed by atoms with van der Waals surface area (Å²) in [6, 6.07) is 3.19. The van der Waals surface area contributed by atoms with Crippen LogP contribution in [-0.2, 0) is 0 Å². The van der Waals surface area contributed by atoms with Crippen molar-refractivity contribution >= 4 is 28.2 Å². The van der Waals surface area contributed by atoms with E-state index in [-0.39, 0.29) is 32.3 Å². The van der Waals surface area contributed by atoms with Crippen LogP contribution in [0, 0.1) is 17.5 Å². The third-order valence-electron chi connectivity index (χ3n) is 4.93. The van der Waals surface area contributed by atoms with Crippen LogP contribution in [0.4, 0.5) is 18.9 Å². The van der Waals surface area contributed by atoms with Gasteiger partial charge in [-0.15, -0.1) is 0 Å². The molecule has 3 aromatic rings. The van der Waals surface area contributed by atoms with E-state index in [0.717, 1.165) is 22.8 Å². The first-order chi connectivity index (χ1) is 13.7. The van der Waals surface area contributed by atoms with Gasteiger partial charge in [0.2, 0.25) is 0 Å². The van der Waals surface area contributed by atoms with Crippen molar-refractivity contribution in [3.63, 3.8) is 0 Å². The Bertz CT molecular complexity index is 1270. The molecule has 7 nitrogen and oxygen atoms in total. The maximum Gasteiger partial charge on any atom is 0.354 e. The third kappa shape index (κ3) is 2.95. The molecule has 1 fully saturated rings. The van der Waals surface area contributed by atoms with Crippen molar-refractivity contribution in [3.05, 3.63) is 67.6 Å². The van der Waals surface area contributed by atoms with E-state index in [2.05, 4.69) is 0 Å². The van der Waals surface area contributed by atoms with Gasteiger partial charge in [-0.05, 0) is 24.6 Å². The second-order valence-corrected chi connectivity index (χ2v) is 7.18. The Balaban J connectivity index is 2.15. The molecule has 0 aliphatic carbocycles. The molecule has 1 aliphatic rings. The largest absolute Gasteiger partial charge is 0.366 e. The molecular formula is C18H15ClF3N5O2. The number of hydrogen-bond donors (Lipinski definition) is 2. The Morgan fingerprint density at radius 3 is 2.45 bits per heavy atom. The second-order valence-electron chi connectivity index (χ2n) is 6.80. The maximum atomic E-state index is 14.9. The van der Waals surface area contributed by atoms with Gasteiger partial charge in [0.25, 0.3) is 5.56 Å². The van der Waals surface area contributed by atoms with E-state index in [1.165, 1.54) is 0 Å². The molecule has 0 amide bonds. The number of halogens is 4. The monoisotopic (exact) mass is 425 g/mol. The van der Waals surface area contributed by atoms with Gasteiger partial charge in [0.15, 0.2) is 0 Å². The highest BCUT2D eigenvalue weighted by molar-refractivity contribution is 6.38. The van der Waals surface area contributed by atoms with Gasteiger partial charge in [-0.1, -0.05) is 11.6 Å². The third-order valence-corrected chi connectivity index (χ3v) is 5.29. The molecule has 2 heterocycles. The number of hydrogen-bond acceptors (Lipinski definition) is 5. The zero-order valence-corrected chi connectivity index (χ0v) is 15.6. The Kier molecular flexibility index (Phi) is 4.55. The molecular weight excluding hydrogens is 411 g/mol. The van der Waals surface area contributed by atoms with Gasteiger partial charge in [0.1, 0.15) is 17.5 Å². The standard InChI is InChI=1S/C18H15ClF3N5O2/c19-14-15-10(6-12(22)16(14)25-4-3-9(23)7-25)17(28)27(24)18(29)26(15)13-2-1-8(20)5-11(13)21/h1-2,5-6,9H,3-4,7,23-24H2/t9-/m0/s1. The van der Waals surface area contributed by atoms with Crippen molar-refractivity contribution in [2.24, 2.45) is 5.73 Å². The Labute approximate surface area is 166 Å². The minimum atomic E-state index is -1.12. The number of nitrogens with two attached hydrogens (primary N) is 2. The van der Waals surface area contributed by atoms with Crippen LogP contribution >= 0.6 is 11.6 Å². The molecule has 0 spiro atoms. The van der Waals surface area contributed by atoms with E-state index in [1.807, 2.05) is 0 Å². The summed E-state index contributed by atoms with van der Waals surface area (Å²) in [5.41, 5.74) is 3.08. The van der Waals surface area contributed by atoms with Gasteiger partial charge in [-0.2, -0.15) is 4.68 Å². The normalized spacial score (nSPS) is 16.7. The molecule has 0 bridgehead atoms. The molecule has 1 aliphatic heterocycles. The zero-order chi connectivity index (χ0) is 21.0. The number of benzene rings is 2. The quantitative estimate of drug-likeness (QED) is 0.606. The average Bonchev–Trinajstić information content (AvgIpc) is 3.08. The van der Waals surface area contributed by atoms with E-state index in [0.29, 0.717) is 25.6 Å². The van der Waals surface area contributed by atoms with Crippen LogP contribution in [0.25, 0.3) is 16.6 Å². The Hall–Kier alpha value is -2.98. The van der Waals surface area contributed by atoms with Crippen molar-refractivity contribution in [3.8, 4) is 5.69 Å². The molecule has 29 heavy (non-hydrogen) atoms. The smallest absolute Gasteiger partial charge is 0.354 e. The molecule has 4 N–H and O–H groups in total. The summed E-state index contributed by atoms with van der Waals surface area (Å²) in [6.45, 7) is 0.720. The van der Waals surface area contributed by atoms with E-state index in [9.17, 15) is 22.8 Å². The summed E-state index contributed by atoms with van der Waals surface area (Å²) in [5, 5.41) is -0.599. The lowest BCUT2D eigenvalue weighted by atomic mass is 10.1. The van der Waals surface area contributed by atoms with Crippen LogP contribution in [0.1, 0.15) is 6.42 Å². The molecule has 0 unspecified atom stereocenters. The molecule has 11 heteroatoms.